The van der Waals surface area contributed by atoms with Gasteiger partial charge in [0.2, 0.25) is 6.10 Å². The Kier molecular flexibility index (Phi) is 5.20. The summed E-state index contributed by atoms with van der Waals surface area (Å²) < 4.78 is 50.1. The van der Waals surface area contributed by atoms with Crippen LogP contribution in [0.2, 0.25) is 15.1 Å². The van der Waals surface area contributed by atoms with Crippen molar-refractivity contribution in [3.05, 3.63) is 56.5 Å². The second kappa shape index (κ2) is 7.14. The zero-order valence-electron chi connectivity index (χ0n) is 13.0. The summed E-state index contributed by atoms with van der Waals surface area (Å²) in [5, 5.41) is 9.37. The number of carboxylic acids is 1. The first kappa shape index (κ1) is 19.7. The Morgan fingerprint density at radius 3 is 2.30 bits per heavy atom. The first-order chi connectivity index (χ1) is 12.6. The summed E-state index contributed by atoms with van der Waals surface area (Å²) in [5.74, 6) is -2.00. The number of aliphatic carboxylic acids is 1. The largest absolute Gasteiger partial charge is 0.478 e. The van der Waals surface area contributed by atoms with Crippen LogP contribution in [0.1, 0.15) is 5.56 Å². The van der Waals surface area contributed by atoms with Gasteiger partial charge < -0.3 is 14.6 Å². The van der Waals surface area contributed by atoms with E-state index in [9.17, 15) is 23.1 Å². The van der Waals surface area contributed by atoms with Gasteiger partial charge >= 0.3 is 12.1 Å². The molecule has 10 heteroatoms. The molecule has 1 aliphatic rings. The lowest BCUT2D eigenvalue weighted by molar-refractivity contribution is -0.187. The molecule has 1 heterocycles. The molecule has 142 valence electrons. The number of hydrogen-bond donors (Lipinski definition) is 1. The van der Waals surface area contributed by atoms with Crippen molar-refractivity contribution < 1.29 is 32.5 Å². The Hall–Kier alpha value is -2.09. The minimum atomic E-state index is -4.96. The Balaban J connectivity index is 2.16. The third-order valence-corrected chi connectivity index (χ3v) is 4.39. The third kappa shape index (κ3) is 3.95. The highest BCUT2D eigenvalue weighted by Crippen LogP contribution is 2.48. The SMILES string of the molecule is O=C(O)C1=Cc2c(Oc3ccc(Cl)cc3)c(Cl)cc(Cl)c2OC1C(F)(F)F. The lowest BCUT2D eigenvalue weighted by atomic mass is 10.0. The van der Waals surface area contributed by atoms with Crippen molar-refractivity contribution >= 4 is 46.8 Å². The molecule has 0 fully saturated rings. The minimum Gasteiger partial charge on any atom is -0.478 e. The Morgan fingerprint density at radius 1 is 1.11 bits per heavy atom. The van der Waals surface area contributed by atoms with Crippen LogP contribution in [-0.2, 0) is 4.79 Å². The fourth-order valence-electron chi connectivity index (χ4n) is 2.41. The summed E-state index contributed by atoms with van der Waals surface area (Å²) in [6.07, 6.45) is -6.84. The maximum Gasteiger partial charge on any atom is 0.430 e. The van der Waals surface area contributed by atoms with Gasteiger partial charge in [0.05, 0.1) is 21.2 Å². The molecule has 4 nitrogen and oxygen atoms in total. The number of carbonyl (C=O) groups is 1. The van der Waals surface area contributed by atoms with Gasteiger partial charge in [-0.2, -0.15) is 13.2 Å². The van der Waals surface area contributed by atoms with E-state index in [4.69, 9.17) is 44.3 Å². The van der Waals surface area contributed by atoms with Crippen LogP contribution in [0.25, 0.3) is 6.08 Å². The van der Waals surface area contributed by atoms with Crippen LogP contribution in [-0.4, -0.2) is 23.4 Å². The summed E-state index contributed by atoms with van der Waals surface area (Å²) in [4.78, 5) is 11.3. The molecule has 1 aliphatic heterocycles. The molecule has 2 aromatic rings. The van der Waals surface area contributed by atoms with E-state index >= 15 is 0 Å². The molecule has 0 saturated carbocycles. The van der Waals surface area contributed by atoms with Crippen molar-refractivity contribution in [3.63, 3.8) is 0 Å². The Morgan fingerprint density at radius 2 is 1.74 bits per heavy atom. The van der Waals surface area contributed by atoms with Gasteiger partial charge in [0.25, 0.3) is 0 Å². The standard InChI is InChI=1S/C17H8Cl3F3O4/c18-7-1-3-8(4-2-7)26-13-9-5-10(16(24)25)15(17(21,22)23)27-14(9)12(20)6-11(13)19/h1-6,15H,(H,24,25). The number of fused-ring (bicyclic) bond motifs is 1. The van der Waals surface area contributed by atoms with E-state index in [1.54, 1.807) is 0 Å². The molecule has 1 N–H and O–H groups in total. The summed E-state index contributed by atoms with van der Waals surface area (Å²) >= 11 is 17.9. The van der Waals surface area contributed by atoms with Crippen LogP contribution in [0.15, 0.2) is 35.9 Å². The highest BCUT2D eigenvalue weighted by atomic mass is 35.5. The van der Waals surface area contributed by atoms with E-state index in [1.165, 1.54) is 24.3 Å². The maximum absolute atomic E-state index is 13.2. The summed E-state index contributed by atoms with van der Waals surface area (Å²) in [6.45, 7) is 0. The normalized spacial score (nSPS) is 16.2. The molecule has 0 amide bonds. The van der Waals surface area contributed by atoms with E-state index in [2.05, 4.69) is 0 Å². The monoisotopic (exact) mass is 438 g/mol. The molecular formula is C17H8Cl3F3O4. The van der Waals surface area contributed by atoms with Crippen molar-refractivity contribution in [2.45, 2.75) is 12.3 Å². The number of hydrogen-bond acceptors (Lipinski definition) is 3. The second-order valence-corrected chi connectivity index (χ2v) is 6.66. The van der Waals surface area contributed by atoms with Crippen LogP contribution in [0.4, 0.5) is 13.2 Å². The van der Waals surface area contributed by atoms with Crippen LogP contribution < -0.4 is 9.47 Å². The van der Waals surface area contributed by atoms with Crippen molar-refractivity contribution in [3.8, 4) is 17.2 Å². The van der Waals surface area contributed by atoms with Gasteiger partial charge in [-0.05, 0) is 36.4 Å². The predicted octanol–water partition coefficient (Wildman–Crippen LogP) is 6.23. The summed E-state index contributed by atoms with van der Waals surface area (Å²) in [6, 6.07) is 7.22. The van der Waals surface area contributed by atoms with Crippen molar-refractivity contribution in [2.75, 3.05) is 0 Å². The van der Waals surface area contributed by atoms with Crippen LogP contribution in [0, 0.1) is 0 Å². The molecule has 2 aromatic carbocycles. The van der Waals surface area contributed by atoms with E-state index in [1.807, 2.05) is 0 Å². The third-order valence-electron chi connectivity index (χ3n) is 3.57. The molecule has 0 aliphatic carbocycles. The number of benzene rings is 2. The zero-order chi connectivity index (χ0) is 19.9. The minimum absolute atomic E-state index is 0.0382. The van der Waals surface area contributed by atoms with Gasteiger partial charge in [-0.15, -0.1) is 0 Å². The lowest BCUT2D eigenvalue weighted by Gasteiger charge is -2.28. The average molecular weight is 440 g/mol. The molecule has 1 unspecified atom stereocenters. The number of ether oxygens (including phenoxy) is 2. The molecule has 0 saturated heterocycles. The predicted molar refractivity (Wildman–Crippen MR) is 94.1 cm³/mol. The smallest absolute Gasteiger partial charge is 0.430 e. The van der Waals surface area contributed by atoms with Crippen LogP contribution in [0.3, 0.4) is 0 Å². The average Bonchev–Trinajstić information content (AvgIpc) is 2.58. The molecule has 3 rings (SSSR count). The van der Waals surface area contributed by atoms with E-state index < -0.39 is 23.8 Å². The summed E-state index contributed by atoms with van der Waals surface area (Å²) in [7, 11) is 0. The Bertz CT molecular complexity index is 940. The van der Waals surface area contributed by atoms with E-state index in [-0.39, 0.29) is 32.9 Å². The topological polar surface area (TPSA) is 55.8 Å². The zero-order valence-corrected chi connectivity index (χ0v) is 15.2. The molecule has 1 atom stereocenters. The van der Waals surface area contributed by atoms with Gasteiger partial charge in [-0.1, -0.05) is 34.8 Å². The van der Waals surface area contributed by atoms with Gasteiger partial charge in [0.15, 0.2) is 5.75 Å². The number of carboxylic acid groups (broad SMARTS) is 1. The van der Waals surface area contributed by atoms with E-state index in [0.29, 0.717) is 5.02 Å². The van der Waals surface area contributed by atoms with Crippen LogP contribution >= 0.6 is 34.8 Å². The lowest BCUT2D eigenvalue weighted by Crippen LogP contribution is -2.40. The quantitative estimate of drug-likeness (QED) is 0.616. The van der Waals surface area contributed by atoms with Crippen molar-refractivity contribution in [1.29, 1.82) is 0 Å². The number of halogens is 6. The number of alkyl halides is 3. The summed E-state index contributed by atoms with van der Waals surface area (Å²) in [5.41, 5.74) is -1.13. The van der Waals surface area contributed by atoms with Gasteiger partial charge in [0.1, 0.15) is 11.5 Å². The highest BCUT2D eigenvalue weighted by molar-refractivity contribution is 6.37. The molecule has 0 aromatic heterocycles. The fraction of sp³-hybridized carbons (Fsp3) is 0.118. The Labute approximate surface area is 165 Å². The van der Waals surface area contributed by atoms with Crippen molar-refractivity contribution in [1.82, 2.24) is 0 Å². The van der Waals surface area contributed by atoms with Gasteiger partial charge in [-0.3, -0.25) is 0 Å². The molecular weight excluding hydrogens is 432 g/mol. The molecule has 0 bridgehead atoms. The van der Waals surface area contributed by atoms with Gasteiger partial charge in [-0.25, -0.2) is 4.79 Å². The second-order valence-electron chi connectivity index (χ2n) is 5.41. The highest BCUT2D eigenvalue weighted by Gasteiger charge is 2.49. The fourth-order valence-corrected chi connectivity index (χ4v) is 3.09. The van der Waals surface area contributed by atoms with Crippen molar-refractivity contribution in [2.24, 2.45) is 0 Å². The molecule has 0 spiro atoms. The molecule has 0 radical (unpaired) electrons. The van der Waals surface area contributed by atoms with E-state index in [0.717, 1.165) is 12.1 Å². The first-order valence-electron chi connectivity index (χ1n) is 7.21. The first-order valence-corrected chi connectivity index (χ1v) is 8.35. The van der Waals surface area contributed by atoms with Crippen LogP contribution in [0.5, 0.6) is 17.2 Å². The van der Waals surface area contributed by atoms with Gasteiger partial charge in [0, 0.05) is 5.02 Å². The molecule has 27 heavy (non-hydrogen) atoms. The number of rotatable bonds is 3. The maximum atomic E-state index is 13.2.